The van der Waals surface area contributed by atoms with E-state index >= 15 is 0 Å². The first-order valence-corrected chi connectivity index (χ1v) is 9.71. The molecular formula is C20H26N4O3. The zero-order chi connectivity index (χ0) is 19.2. The minimum absolute atomic E-state index is 0.0341. The maximum atomic E-state index is 13.2. The number of fused-ring (bicyclic) bond motifs is 2. The van der Waals surface area contributed by atoms with E-state index in [1.54, 1.807) is 4.90 Å². The van der Waals surface area contributed by atoms with E-state index in [0.29, 0.717) is 13.0 Å². The summed E-state index contributed by atoms with van der Waals surface area (Å²) < 4.78 is 0. The number of nitrogens with zero attached hydrogens (tertiary/aromatic N) is 2. The highest BCUT2D eigenvalue weighted by Crippen LogP contribution is 2.41. The summed E-state index contributed by atoms with van der Waals surface area (Å²) in [7, 11) is 0. The third-order valence-electron chi connectivity index (χ3n) is 6.19. The first-order chi connectivity index (χ1) is 12.9. The van der Waals surface area contributed by atoms with E-state index in [1.807, 2.05) is 31.2 Å². The lowest BCUT2D eigenvalue weighted by molar-refractivity contribution is -0.141. The van der Waals surface area contributed by atoms with Crippen molar-refractivity contribution in [2.24, 2.45) is 5.73 Å². The van der Waals surface area contributed by atoms with Crippen LogP contribution in [0, 0.1) is 0 Å². The molecule has 1 aliphatic carbocycles. The van der Waals surface area contributed by atoms with Gasteiger partial charge in [0.25, 0.3) is 5.91 Å². The van der Waals surface area contributed by atoms with E-state index < -0.39 is 11.6 Å². The van der Waals surface area contributed by atoms with Crippen molar-refractivity contribution in [1.82, 2.24) is 15.1 Å². The Hall–Kier alpha value is -2.41. The van der Waals surface area contributed by atoms with Crippen LogP contribution in [0.4, 0.5) is 4.79 Å². The maximum Gasteiger partial charge on any atom is 0.325 e. The first kappa shape index (κ1) is 18.0. The van der Waals surface area contributed by atoms with Crippen LogP contribution in [-0.4, -0.2) is 52.8 Å². The first-order valence-electron chi connectivity index (χ1n) is 9.71. The second-order valence-corrected chi connectivity index (χ2v) is 7.89. The van der Waals surface area contributed by atoms with Gasteiger partial charge in [0.15, 0.2) is 0 Å². The van der Waals surface area contributed by atoms with Crippen LogP contribution in [0.25, 0.3) is 0 Å². The molecule has 3 atom stereocenters. The van der Waals surface area contributed by atoms with Gasteiger partial charge in [0.1, 0.15) is 12.1 Å². The predicted molar refractivity (Wildman–Crippen MR) is 99.7 cm³/mol. The number of urea groups is 1. The van der Waals surface area contributed by atoms with Crippen LogP contribution in [0.5, 0.6) is 0 Å². The number of hydrogen-bond donors (Lipinski definition) is 2. The summed E-state index contributed by atoms with van der Waals surface area (Å²) in [5.41, 5.74) is 6.96. The summed E-state index contributed by atoms with van der Waals surface area (Å²) in [6.07, 6.45) is 4.10. The summed E-state index contributed by atoms with van der Waals surface area (Å²) in [4.78, 5) is 41.5. The Balaban J connectivity index is 1.54. The SMILES string of the molecule is CC(N)C1CCCCN1C(=O)CN1C(=O)NC2(CCc3ccccc32)C1=O. The molecule has 2 aliphatic heterocycles. The fourth-order valence-corrected chi connectivity index (χ4v) is 4.77. The van der Waals surface area contributed by atoms with Crippen LogP contribution in [0.2, 0.25) is 0 Å². The molecule has 3 N–H and O–H groups in total. The topological polar surface area (TPSA) is 95.7 Å². The van der Waals surface area contributed by atoms with E-state index in [0.717, 1.165) is 41.7 Å². The lowest BCUT2D eigenvalue weighted by Gasteiger charge is -2.38. The molecule has 3 unspecified atom stereocenters. The Labute approximate surface area is 158 Å². The highest BCUT2D eigenvalue weighted by molar-refractivity contribution is 6.09. The number of aryl methyl sites for hydroxylation is 1. The van der Waals surface area contributed by atoms with Gasteiger partial charge in [0, 0.05) is 18.6 Å². The number of hydrogen-bond acceptors (Lipinski definition) is 4. The van der Waals surface area contributed by atoms with Crippen molar-refractivity contribution < 1.29 is 14.4 Å². The Morgan fingerprint density at radius 3 is 2.89 bits per heavy atom. The highest BCUT2D eigenvalue weighted by atomic mass is 16.2. The minimum Gasteiger partial charge on any atom is -0.337 e. The van der Waals surface area contributed by atoms with Crippen LogP contribution in [-0.2, 0) is 21.5 Å². The second-order valence-electron chi connectivity index (χ2n) is 7.89. The van der Waals surface area contributed by atoms with Gasteiger partial charge in [-0.3, -0.25) is 14.5 Å². The molecule has 1 aromatic carbocycles. The minimum atomic E-state index is -1.02. The third kappa shape index (κ3) is 2.81. The van der Waals surface area contributed by atoms with Crippen LogP contribution in [0.1, 0.15) is 43.7 Å². The normalized spacial score (nSPS) is 28.4. The predicted octanol–water partition coefficient (Wildman–Crippen LogP) is 1.11. The monoisotopic (exact) mass is 370 g/mol. The van der Waals surface area contributed by atoms with Gasteiger partial charge in [-0.25, -0.2) is 4.79 Å². The molecule has 7 heteroatoms. The molecule has 0 bridgehead atoms. The van der Waals surface area contributed by atoms with Gasteiger partial charge < -0.3 is 16.0 Å². The smallest absolute Gasteiger partial charge is 0.325 e. The Kier molecular flexibility index (Phi) is 4.42. The molecule has 2 fully saturated rings. The summed E-state index contributed by atoms with van der Waals surface area (Å²) in [6, 6.07) is 7.03. The number of nitrogens with two attached hydrogens (primary N) is 1. The number of imide groups is 1. The van der Waals surface area contributed by atoms with Gasteiger partial charge in [-0.2, -0.15) is 0 Å². The van der Waals surface area contributed by atoms with Crippen molar-refractivity contribution in [3.8, 4) is 0 Å². The molecule has 2 saturated heterocycles. The number of amides is 4. The zero-order valence-corrected chi connectivity index (χ0v) is 15.6. The molecule has 3 aliphatic rings. The molecule has 4 amide bonds. The fourth-order valence-electron chi connectivity index (χ4n) is 4.77. The molecule has 4 rings (SSSR count). The third-order valence-corrected chi connectivity index (χ3v) is 6.19. The fraction of sp³-hybridized carbons (Fsp3) is 0.550. The van der Waals surface area contributed by atoms with Crippen molar-refractivity contribution in [2.45, 2.75) is 56.7 Å². The van der Waals surface area contributed by atoms with Crippen molar-refractivity contribution in [3.63, 3.8) is 0 Å². The molecule has 1 aromatic rings. The average molecular weight is 370 g/mol. The zero-order valence-electron chi connectivity index (χ0n) is 15.6. The standard InChI is InChI=1S/C20H26N4O3/c1-13(21)16-8-4-5-11-23(16)17(25)12-24-18(26)20(22-19(24)27)10-9-14-6-2-3-7-15(14)20/h2-3,6-7,13,16H,4-5,8-12,21H2,1H3,(H,22,27). The van der Waals surface area contributed by atoms with Crippen molar-refractivity contribution in [2.75, 3.05) is 13.1 Å². The lowest BCUT2D eigenvalue weighted by atomic mass is 9.92. The summed E-state index contributed by atoms with van der Waals surface area (Å²) in [5.74, 6) is -0.524. The van der Waals surface area contributed by atoms with E-state index in [4.69, 9.17) is 5.73 Å². The van der Waals surface area contributed by atoms with E-state index in [-0.39, 0.29) is 30.4 Å². The lowest BCUT2D eigenvalue weighted by Crippen LogP contribution is -2.54. The van der Waals surface area contributed by atoms with Gasteiger partial charge in [-0.1, -0.05) is 24.3 Å². The highest BCUT2D eigenvalue weighted by Gasteiger charge is 2.55. The molecule has 27 heavy (non-hydrogen) atoms. The second kappa shape index (κ2) is 6.64. The molecular weight excluding hydrogens is 344 g/mol. The van der Waals surface area contributed by atoms with Gasteiger partial charge in [0.2, 0.25) is 5.91 Å². The number of carbonyl (C=O) groups is 3. The van der Waals surface area contributed by atoms with Crippen LogP contribution < -0.4 is 11.1 Å². The molecule has 7 nitrogen and oxygen atoms in total. The van der Waals surface area contributed by atoms with Gasteiger partial charge in [-0.15, -0.1) is 0 Å². The molecule has 0 saturated carbocycles. The van der Waals surface area contributed by atoms with Gasteiger partial charge >= 0.3 is 6.03 Å². The van der Waals surface area contributed by atoms with Crippen LogP contribution in [0.15, 0.2) is 24.3 Å². The van der Waals surface area contributed by atoms with Crippen molar-refractivity contribution >= 4 is 17.8 Å². The van der Waals surface area contributed by atoms with E-state index in [9.17, 15) is 14.4 Å². The number of piperidine rings is 1. The molecule has 0 aromatic heterocycles. The van der Waals surface area contributed by atoms with Gasteiger partial charge in [-0.05, 0) is 50.2 Å². The Bertz CT molecular complexity index is 793. The molecule has 1 spiro atoms. The number of rotatable bonds is 3. The van der Waals surface area contributed by atoms with Crippen molar-refractivity contribution in [3.05, 3.63) is 35.4 Å². The number of likely N-dealkylation sites (tertiary alicyclic amines) is 1. The molecule has 0 radical (unpaired) electrons. The Morgan fingerprint density at radius 1 is 1.33 bits per heavy atom. The number of carbonyl (C=O) groups excluding carboxylic acids is 3. The summed E-state index contributed by atoms with van der Waals surface area (Å²) >= 11 is 0. The molecule has 144 valence electrons. The Morgan fingerprint density at radius 2 is 2.11 bits per heavy atom. The van der Waals surface area contributed by atoms with E-state index in [1.165, 1.54) is 0 Å². The van der Waals surface area contributed by atoms with Crippen LogP contribution in [0.3, 0.4) is 0 Å². The largest absolute Gasteiger partial charge is 0.337 e. The summed E-state index contributed by atoms with van der Waals surface area (Å²) in [6.45, 7) is 2.30. The average Bonchev–Trinajstić information content (AvgIpc) is 3.15. The van der Waals surface area contributed by atoms with Crippen LogP contribution >= 0.6 is 0 Å². The number of nitrogens with one attached hydrogen (secondary N) is 1. The van der Waals surface area contributed by atoms with Crippen molar-refractivity contribution in [1.29, 1.82) is 0 Å². The van der Waals surface area contributed by atoms with E-state index in [2.05, 4.69) is 5.32 Å². The summed E-state index contributed by atoms with van der Waals surface area (Å²) in [5, 5.41) is 2.87. The van der Waals surface area contributed by atoms with Gasteiger partial charge in [0.05, 0.1) is 0 Å². The molecule has 2 heterocycles. The number of benzene rings is 1. The quantitative estimate of drug-likeness (QED) is 0.779. The maximum absolute atomic E-state index is 13.2.